The zero-order chi connectivity index (χ0) is 32.2. The third-order valence-corrected chi connectivity index (χ3v) is 9.16. The van der Waals surface area contributed by atoms with Crippen molar-refractivity contribution < 1.29 is 10.2 Å². The van der Waals surface area contributed by atoms with E-state index in [9.17, 15) is 0 Å². The van der Waals surface area contributed by atoms with Gasteiger partial charge in [-0.2, -0.15) is 0 Å². The van der Waals surface area contributed by atoms with E-state index in [0.29, 0.717) is 0 Å². The first-order valence-electron chi connectivity index (χ1n) is 18.4. The van der Waals surface area contributed by atoms with Crippen LogP contribution in [0.25, 0.3) is 0 Å². The van der Waals surface area contributed by atoms with E-state index in [1.807, 2.05) is 12.2 Å². The molecule has 0 fully saturated rings. The summed E-state index contributed by atoms with van der Waals surface area (Å²) in [5, 5.41) is 17.7. The maximum Gasteiger partial charge on any atom is 0.0614 e. The van der Waals surface area contributed by atoms with Crippen molar-refractivity contribution in [2.75, 3.05) is 13.2 Å². The summed E-state index contributed by atoms with van der Waals surface area (Å²) in [5.74, 6) is 5.25. The zero-order valence-corrected chi connectivity index (χ0v) is 30.7. The van der Waals surface area contributed by atoms with Crippen LogP contribution in [0.5, 0.6) is 0 Å². The highest BCUT2D eigenvalue weighted by Gasteiger charge is 2.08. The van der Waals surface area contributed by atoms with Gasteiger partial charge in [-0.3, -0.25) is 0 Å². The third kappa shape index (κ3) is 33.9. The molecule has 0 bridgehead atoms. The predicted molar refractivity (Wildman–Crippen MR) is 191 cm³/mol. The van der Waals surface area contributed by atoms with Crippen LogP contribution in [0.2, 0.25) is 0 Å². The maximum absolute atomic E-state index is 8.83. The molecule has 0 radical (unpaired) electrons. The number of hydrogen-bond donors (Lipinski definition) is 2. The second-order valence-electron chi connectivity index (χ2n) is 15.2. The van der Waals surface area contributed by atoms with Crippen molar-refractivity contribution in [2.45, 2.75) is 185 Å². The first kappa shape index (κ1) is 43.5. The van der Waals surface area contributed by atoms with Crippen molar-refractivity contribution in [1.29, 1.82) is 0 Å². The van der Waals surface area contributed by atoms with Gasteiger partial charge < -0.3 is 10.2 Å². The van der Waals surface area contributed by atoms with Gasteiger partial charge >= 0.3 is 0 Å². The molecule has 0 spiro atoms. The average Bonchev–Trinajstić information content (AvgIpc) is 2.89. The molecule has 0 aliphatic heterocycles. The van der Waals surface area contributed by atoms with Crippen molar-refractivity contribution in [3.8, 4) is 0 Å². The Morgan fingerprint density at radius 3 is 0.881 bits per heavy atom. The SMILES string of the molecule is CC(=CCO)CCCC(C)CCCC(C)CCCC(C)C.CC(=CCO)CCCC(C)CCCC(C)CCCC(C)C. The molecule has 0 aliphatic carbocycles. The Balaban J connectivity index is 0. The van der Waals surface area contributed by atoms with Crippen molar-refractivity contribution in [3.63, 3.8) is 0 Å². The molecule has 252 valence electrons. The molecule has 0 saturated heterocycles. The highest BCUT2D eigenvalue weighted by atomic mass is 16.3. The molecule has 0 aromatic heterocycles. The topological polar surface area (TPSA) is 40.5 Å². The van der Waals surface area contributed by atoms with Crippen LogP contribution in [0.15, 0.2) is 23.3 Å². The van der Waals surface area contributed by atoms with Gasteiger partial charge in [-0.05, 0) is 75.0 Å². The Hall–Kier alpha value is -0.600. The van der Waals surface area contributed by atoms with Crippen molar-refractivity contribution in [2.24, 2.45) is 35.5 Å². The lowest BCUT2D eigenvalue weighted by molar-refractivity contribution is 0.341. The zero-order valence-electron chi connectivity index (χ0n) is 30.7. The molecule has 0 aromatic rings. The standard InChI is InChI=1S/2C20H40O/c2*1-17(2)9-6-10-18(3)11-7-12-19(4)13-8-14-20(5)15-16-21/h2*15,17-19,21H,6-14,16H2,1-5H3. The van der Waals surface area contributed by atoms with Gasteiger partial charge in [0.25, 0.3) is 0 Å². The average molecular weight is 593 g/mol. The van der Waals surface area contributed by atoms with Crippen LogP contribution in [0.1, 0.15) is 185 Å². The molecule has 4 unspecified atom stereocenters. The van der Waals surface area contributed by atoms with E-state index in [0.717, 1.165) is 48.3 Å². The summed E-state index contributed by atoms with van der Waals surface area (Å²) in [7, 11) is 0. The number of aliphatic hydroxyl groups excluding tert-OH is 2. The van der Waals surface area contributed by atoms with Gasteiger partial charge in [-0.15, -0.1) is 0 Å². The second-order valence-corrected chi connectivity index (χ2v) is 15.2. The molecule has 2 heteroatoms. The fourth-order valence-electron chi connectivity index (χ4n) is 5.93. The number of allylic oxidation sites excluding steroid dienone is 2. The lowest BCUT2D eigenvalue weighted by atomic mass is 9.91. The first-order chi connectivity index (χ1) is 19.9. The van der Waals surface area contributed by atoms with Crippen LogP contribution in [0.3, 0.4) is 0 Å². The lowest BCUT2D eigenvalue weighted by Gasteiger charge is -2.15. The lowest BCUT2D eigenvalue weighted by Crippen LogP contribution is -2.00. The highest BCUT2D eigenvalue weighted by Crippen LogP contribution is 2.23. The first-order valence-corrected chi connectivity index (χ1v) is 18.4. The van der Waals surface area contributed by atoms with Gasteiger partial charge in [0.2, 0.25) is 0 Å². The molecule has 0 saturated carbocycles. The minimum atomic E-state index is 0.191. The molecule has 0 rings (SSSR count). The van der Waals surface area contributed by atoms with Crippen LogP contribution in [-0.2, 0) is 0 Å². The van der Waals surface area contributed by atoms with Crippen LogP contribution in [0.4, 0.5) is 0 Å². The Kier molecular flexibility index (Phi) is 31.5. The van der Waals surface area contributed by atoms with Gasteiger partial charge in [0.15, 0.2) is 0 Å². The molecule has 42 heavy (non-hydrogen) atoms. The van der Waals surface area contributed by atoms with E-state index in [1.54, 1.807) is 0 Å². The molecular formula is C40H80O2. The normalized spacial score (nSPS) is 15.5. The Bertz CT molecular complexity index is 563. The quantitative estimate of drug-likeness (QED) is 0.0981. The molecule has 0 aliphatic rings. The molecule has 4 atom stereocenters. The molecule has 0 heterocycles. The summed E-state index contributed by atoms with van der Waals surface area (Å²) in [5.41, 5.74) is 2.67. The van der Waals surface area contributed by atoms with Crippen LogP contribution >= 0.6 is 0 Å². The summed E-state index contributed by atoms with van der Waals surface area (Å²) in [4.78, 5) is 0. The van der Waals surface area contributed by atoms with E-state index in [-0.39, 0.29) is 13.2 Å². The predicted octanol–water partition coefficient (Wildman–Crippen LogP) is 12.7. The Morgan fingerprint density at radius 1 is 0.405 bits per heavy atom. The smallest absolute Gasteiger partial charge is 0.0614 e. The number of rotatable bonds is 26. The minimum Gasteiger partial charge on any atom is -0.392 e. The molecule has 0 amide bonds. The maximum atomic E-state index is 8.83. The summed E-state index contributed by atoms with van der Waals surface area (Å²) in [6.45, 7) is 23.6. The van der Waals surface area contributed by atoms with Crippen molar-refractivity contribution in [1.82, 2.24) is 0 Å². The summed E-state index contributed by atoms with van der Waals surface area (Å²) >= 11 is 0. The van der Waals surface area contributed by atoms with E-state index in [1.165, 1.54) is 114 Å². The third-order valence-electron chi connectivity index (χ3n) is 9.16. The van der Waals surface area contributed by atoms with E-state index in [2.05, 4.69) is 69.2 Å². The minimum absolute atomic E-state index is 0.191. The Labute approximate surface area is 266 Å². The molecule has 0 aromatic carbocycles. The molecule has 2 N–H and O–H groups in total. The fraction of sp³-hybridized carbons (Fsp3) is 0.900. The van der Waals surface area contributed by atoms with Gasteiger partial charge in [0, 0.05) is 0 Å². The summed E-state index contributed by atoms with van der Waals surface area (Å²) in [6.07, 6.45) is 28.2. The van der Waals surface area contributed by atoms with E-state index in [4.69, 9.17) is 10.2 Å². The number of hydrogen-bond acceptors (Lipinski definition) is 2. The molecular weight excluding hydrogens is 512 g/mol. The monoisotopic (exact) mass is 593 g/mol. The summed E-state index contributed by atoms with van der Waals surface area (Å²) in [6, 6.07) is 0. The van der Waals surface area contributed by atoms with Gasteiger partial charge in [-0.25, -0.2) is 0 Å². The van der Waals surface area contributed by atoms with E-state index < -0.39 is 0 Å². The number of aliphatic hydroxyl groups is 2. The highest BCUT2D eigenvalue weighted by molar-refractivity contribution is 4.98. The largest absolute Gasteiger partial charge is 0.392 e. The second kappa shape index (κ2) is 30.4. The fourth-order valence-corrected chi connectivity index (χ4v) is 5.93. The van der Waals surface area contributed by atoms with Crippen molar-refractivity contribution >= 4 is 0 Å². The Morgan fingerprint density at radius 2 is 0.643 bits per heavy atom. The van der Waals surface area contributed by atoms with Crippen LogP contribution < -0.4 is 0 Å². The summed E-state index contributed by atoms with van der Waals surface area (Å²) < 4.78 is 0. The van der Waals surface area contributed by atoms with Crippen LogP contribution in [-0.4, -0.2) is 23.4 Å². The van der Waals surface area contributed by atoms with Gasteiger partial charge in [-0.1, -0.05) is 169 Å². The van der Waals surface area contributed by atoms with Gasteiger partial charge in [0.05, 0.1) is 13.2 Å². The van der Waals surface area contributed by atoms with Gasteiger partial charge in [0.1, 0.15) is 0 Å². The van der Waals surface area contributed by atoms with E-state index >= 15 is 0 Å². The van der Waals surface area contributed by atoms with Crippen LogP contribution in [0, 0.1) is 35.5 Å². The van der Waals surface area contributed by atoms with Crippen molar-refractivity contribution in [3.05, 3.63) is 23.3 Å². The molecule has 2 nitrogen and oxygen atoms in total.